The van der Waals surface area contributed by atoms with Crippen LogP contribution in [0.25, 0.3) is 0 Å². The molecular formula is C11H21N3O2S. The normalized spacial score (nSPS) is 22.9. The fourth-order valence-electron chi connectivity index (χ4n) is 2.10. The molecule has 1 atom stereocenters. The van der Waals surface area contributed by atoms with Crippen molar-refractivity contribution >= 4 is 10.2 Å². The van der Waals surface area contributed by atoms with Crippen molar-refractivity contribution in [2.75, 3.05) is 19.6 Å². The van der Waals surface area contributed by atoms with E-state index in [9.17, 15) is 8.42 Å². The van der Waals surface area contributed by atoms with E-state index in [2.05, 4.69) is 6.92 Å². The number of hydrogen-bond acceptors (Lipinski definition) is 3. The van der Waals surface area contributed by atoms with E-state index < -0.39 is 10.2 Å². The van der Waals surface area contributed by atoms with Gasteiger partial charge in [-0.15, -0.1) is 0 Å². The lowest BCUT2D eigenvalue weighted by molar-refractivity contribution is 0.252. The van der Waals surface area contributed by atoms with Gasteiger partial charge in [-0.05, 0) is 32.6 Å². The molecule has 0 N–H and O–H groups in total. The quantitative estimate of drug-likeness (QED) is 0.713. The molecule has 0 aliphatic carbocycles. The molecule has 1 aliphatic heterocycles. The fraction of sp³-hybridized carbons (Fsp3) is 0.909. The van der Waals surface area contributed by atoms with Crippen molar-refractivity contribution in [1.82, 2.24) is 8.61 Å². The lowest BCUT2D eigenvalue weighted by atomic mass is 10.0. The molecule has 1 rings (SSSR count). The summed E-state index contributed by atoms with van der Waals surface area (Å²) in [7, 11) is -3.47. The third-order valence-corrected chi connectivity index (χ3v) is 5.17. The first-order valence-corrected chi connectivity index (χ1v) is 7.43. The lowest BCUT2D eigenvalue weighted by Crippen LogP contribution is -2.50. The lowest BCUT2D eigenvalue weighted by Gasteiger charge is -2.35. The number of rotatable bonds is 4. The third-order valence-electron chi connectivity index (χ3n) is 3.04. The summed E-state index contributed by atoms with van der Waals surface area (Å²) in [5.74, 6) is 0.398. The molecule has 0 saturated carbocycles. The monoisotopic (exact) mass is 259 g/mol. The Labute approximate surface area is 104 Å². The topological polar surface area (TPSA) is 64.4 Å². The van der Waals surface area contributed by atoms with Gasteiger partial charge < -0.3 is 0 Å². The summed E-state index contributed by atoms with van der Waals surface area (Å²) in [5, 5.41) is 8.72. The Morgan fingerprint density at radius 2 is 2.18 bits per heavy atom. The second-order valence-electron chi connectivity index (χ2n) is 4.91. The summed E-state index contributed by atoms with van der Waals surface area (Å²) in [6, 6.07) is 1.74. The molecule has 1 aliphatic rings. The molecule has 1 unspecified atom stereocenters. The second-order valence-corrected chi connectivity index (χ2v) is 6.79. The Morgan fingerprint density at radius 3 is 2.65 bits per heavy atom. The Kier molecular flexibility index (Phi) is 4.92. The van der Waals surface area contributed by atoms with E-state index in [4.69, 9.17) is 5.26 Å². The number of nitrogens with zero attached hydrogens (tertiary/aromatic N) is 3. The fourth-order valence-corrected chi connectivity index (χ4v) is 3.96. The average Bonchev–Trinajstić information content (AvgIpc) is 2.25. The van der Waals surface area contributed by atoms with E-state index in [1.165, 1.54) is 8.61 Å². The van der Waals surface area contributed by atoms with Gasteiger partial charge in [-0.1, -0.05) is 6.92 Å². The van der Waals surface area contributed by atoms with Gasteiger partial charge in [0.25, 0.3) is 10.2 Å². The molecule has 1 saturated heterocycles. The first-order chi connectivity index (χ1) is 7.89. The molecule has 1 heterocycles. The molecule has 17 heavy (non-hydrogen) atoms. The van der Waals surface area contributed by atoms with E-state index in [0.717, 1.165) is 12.8 Å². The molecule has 0 aromatic carbocycles. The number of nitriles is 1. The van der Waals surface area contributed by atoms with Gasteiger partial charge in [0.2, 0.25) is 0 Å². The Bertz CT molecular complexity index is 386. The van der Waals surface area contributed by atoms with E-state index in [1.54, 1.807) is 13.8 Å². The van der Waals surface area contributed by atoms with Gasteiger partial charge in [-0.3, -0.25) is 0 Å². The van der Waals surface area contributed by atoms with Crippen molar-refractivity contribution in [3.05, 3.63) is 0 Å². The average molecular weight is 259 g/mol. The predicted molar refractivity (Wildman–Crippen MR) is 66.3 cm³/mol. The van der Waals surface area contributed by atoms with Crippen LogP contribution in [-0.2, 0) is 10.2 Å². The zero-order valence-electron chi connectivity index (χ0n) is 10.8. The summed E-state index contributed by atoms with van der Waals surface area (Å²) in [5.41, 5.74) is 0. The van der Waals surface area contributed by atoms with Crippen LogP contribution in [0.2, 0.25) is 0 Å². The minimum Gasteiger partial charge on any atom is -0.197 e. The smallest absolute Gasteiger partial charge is 0.197 e. The van der Waals surface area contributed by atoms with Crippen LogP contribution in [0.3, 0.4) is 0 Å². The van der Waals surface area contributed by atoms with Gasteiger partial charge in [0.1, 0.15) is 6.54 Å². The van der Waals surface area contributed by atoms with Crippen molar-refractivity contribution in [2.45, 2.75) is 39.7 Å². The summed E-state index contributed by atoms with van der Waals surface area (Å²) < 4.78 is 27.5. The van der Waals surface area contributed by atoms with Crippen molar-refractivity contribution in [1.29, 1.82) is 5.26 Å². The van der Waals surface area contributed by atoms with Gasteiger partial charge in [0.05, 0.1) is 6.07 Å². The number of hydrogen-bond donors (Lipinski definition) is 0. The molecule has 6 heteroatoms. The highest BCUT2D eigenvalue weighted by Gasteiger charge is 2.33. The van der Waals surface area contributed by atoms with Crippen molar-refractivity contribution in [3.63, 3.8) is 0 Å². The predicted octanol–water partition coefficient (Wildman–Crippen LogP) is 1.20. The first-order valence-electron chi connectivity index (χ1n) is 6.03. The molecular weight excluding hydrogens is 238 g/mol. The van der Waals surface area contributed by atoms with Gasteiger partial charge in [-0.25, -0.2) is 0 Å². The van der Waals surface area contributed by atoms with Crippen LogP contribution in [-0.4, -0.2) is 42.7 Å². The van der Waals surface area contributed by atoms with Gasteiger partial charge in [0.15, 0.2) is 0 Å². The Hall–Kier alpha value is -0.640. The van der Waals surface area contributed by atoms with Crippen LogP contribution >= 0.6 is 0 Å². The molecule has 0 aromatic rings. The molecule has 98 valence electrons. The molecule has 5 nitrogen and oxygen atoms in total. The maximum absolute atomic E-state index is 12.4. The van der Waals surface area contributed by atoms with Crippen LogP contribution in [0, 0.1) is 17.2 Å². The van der Waals surface area contributed by atoms with Crippen molar-refractivity contribution < 1.29 is 8.42 Å². The van der Waals surface area contributed by atoms with Crippen molar-refractivity contribution in [2.24, 2.45) is 5.92 Å². The second kappa shape index (κ2) is 5.80. The highest BCUT2D eigenvalue weighted by Crippen LogP contribution is 2.21. The summed E-state index contributed by atoms with van der Waals surface area (Å²) in [6.45, 7) is 6.71. The zero-order chi connectivity index (χ0) is 13.1. The van der Waals surface area contributed by atoms with Crippen LogP contribution in [0.4, 0.5) is 0 Å². The van der Waals surface area contributed by atoms with Crippen LogP contribution < -0.4 is 0 Å². The minimum atomic E-state index is -3.47. The molecule has 1 fully saturated rings. The SMILES string of the molecule is CC1CCCN(S(=O)(=O)N(CC#N)C(C)C)C1. The van der Waals surface area contributed by atoms with Gasteiger partial charge in [0, 0.05) is 19.1 Å². The molecule has 0 radical (unpaired) electrons. The zero-order valence-corrected chi connectivity index (χ0v) is 11.6. The van der Waals surface area contributed by atoms with E-state index in [1.807, 2.05) is 6.07 Å². The maximum atomic E-state index is 12.4. The first kappa shape index (κ1) is 14.4. The summed E-state index contributed by atoms with van der Waals surface area (Å²) in [6.07, 6.45) is 1.98. The molecule has 0 spiro atoms. The van der Waals surface area contributed by atoms with Crippen LogP contribution in [0.15, 0.2) is 0 Å². The van der Waals surface area contributed by atoms with E-state index in [0.29, 0.717) is 19.0 Å². The van der Waals surface area contributed by atoms with E-state index in [-0.39, 0.29) is 12.6 Å². The third kappa shape index (κ3) is 3.41. The largest absolute Gasteiger partial charge is 0.283 e. The highest BCUT2D eigenvalue weighted by molar-refractivity contribution is 7.86. The molecule has 0 amide bonds. The Morgan fingerprint density at radius 1 is 1.53 bits per heavy atom. The van der Waals surface area contributed by atoms with Gasteiger partial charge in [-0.2, -0.15) is 22.3 Å². The van der Waals surface area contributed by atoms with E-state index >= 15 is 0 Å². The minimum absolute atomic E-state index is 0.0785. The van der Waals surface area contributed by atoms with Crippen molar-refractivity contribution in [3.8, 4) is 6.07 Å². The summed E-state index contributed by atoms with van der Waals surface area (Å²) >= 11 is 0. The molecule has 0 bridgehead atoms. The standard InChI is InChI=1S/C11H21N3O2S/c1-10(2)14(8-6-12)17(15,16)13-7-4-5-11(3)9-13/h10-11H,4-5,7-9H2,1-3H3. The van der Waals surface area contributed by atoms with Crippen LogP contribution in [0.1, 0.15) is 33.6 Å². The maximum Gasteiger partial charge on any atom is 0.283 e. The van der Waals surface area contributed by atoms with Crippen LogP contribution in [0.5, 0.6) is 0 Å². The summed E-state index contributed by atoms with van der Waals surface area (Å²) in [4.78, 5) is 0. The Balaban J connectivity index is 2.88. The molecule has 0 aromatic heterocycles. The van der Waals surface area contributed by atoms with Gasteiger partial charge >= 0.3 is 0 Å². The number of piperidine rings is 1. The highest BCUT2D eigenvalue weighted by atomic mass is 32.2.